The van der Waals surface area contributed by atoms with Crippen molar-refractivity contribution in [2.45, 2.75) is 32.4 Å². The minimum atomic E-state index is -0.750. The Labute approximate surface area is 221 Å². The Hall–Kier alpha value is -4.41. The molecule has 2 aromatic rings. The van der Waals surface area contributed by atoms with Gasteiger partial charge in [0.05, 0.1) is 40.2 Å². The van der Waals surface area contributed by atoms with Crippen LogP contribution in [0.1, 0.15) is 32.4 Å². The number of carbonyl (C=O) groups excluding carboxylic acids is 3. The fourth-order valence-electron chi connectivity index (χ4n) is 3.86. The molecule has 11 heteroatoms. The van der Waals surface area contributed by atoms with Gasteiger partial charge in [-0.3, -0.25) is 9.69 Å². The second kappa shape index (κ2) is 11.3. The molecule has 3 rings (SSSR count). The Morgan fingerprint density at radius 1 is 0.921 bits per heavy atom. The largest absolute Gasteiger partial charge is 0.493 e. The van der Waals surface area contributed by atoms with Crippen molar-refractivity contribution in [1.29, 1.82) is 0 Å². The number of nitrogens with one attached hydrogen (secondary N) is 1. The van der Waals surface area contributed by atoms with E-state index >= 15 is 0 Å². The highest BCUT2D eigenvalue weighted by molar-refractivity contribution is 6.15. The monoisotopic (exact) mass is 528 g/mol. The fraction of sp³-hybridized carbons (Fsp3) is 0.370. The third kappa shape index (κ3) is 5.93. The van der Waals surface area contributed by atoms with E-state index in [0.717, 1.165) is 0 Å². The average molecular weight is 529 g/mol. The predicted molar refractivity (Wildman–Crippen MR) is 138 cm³/mol. The third-order valence-electron chi connectivity index (χ3n) is 5.51. The van der Waals surface area contributed by atoms with Crippen LogP contribution in [0.5, 0.6) is 28.7 Å². The SMILES string of the molecule is C=C1C(=O)N(c2cc(OC)c(OC)c(OC)c2)C1c1ccc(OC)c(OC(=O)CNC(=O)OC(C)(C)C)c1. The van der Waals surface area contributed by atoms with Crippen molar-refractivity contribution in [1.82, 2.24) is 5.32 Å². The Bertz CT molecular complexity index is 1220. The molecular weight excluding hydrogens is 496 g/mol. The van der Waals surface area contributed by atoms with Crippen molar-refractivity contribution in [2.24, 2.45) is 0 Å². The summed E-state index contributed by atoms with van der Waals surface area (Å²) in [6.45, 7) is 8.63. The molecule has 38 heavy (non-hydrogen) atoms. The molecule has 0 radical (unpaired) electrons. The molecule has 0 aliphatic carbocycles. The van der Waals surface area contributed by atoms with Crippen LogP contribution >= 0.6 is 0 Å². The summed E-state index contributed by atoms with van der Waals surface area (Å²) in [5.41, 5.74) is 0.746. The van der Waals surface area contributed by atoms with Gasteiger partial charge >= 0.3 is 12.1 Å². The van der Waals surface area contributed by atoms with E-state index in [-0.39, 0.29) is 17.4 Å². The first-order valence-electron chi connectivity index (χ1n) is 11.6. The quantitative estimate of drug-likeness (QED) is 0.224. The van der Waals surface area contributed by atoms with E-state index in [2.05, 4.69) is 11.9 Å². The van der Waals surface area contributed by atoms with Crippen LogP contribution in [0, 0.1) is 0 Å². The molecule has 0 spiro atoms. The molecular formula is C27H32N2O9. The normalized spacial score (nSPS) is 14.8. The van der Waals surface area contributed by atoms with Gasteiger partial charge < -0.3 is 33.7 Å². The van der Waals surface area contributed by atoms with Gasteiger partial charge in [0.2, 0.25) is 5.75 Å². The molecule has 204 valence electrons. The van der Waals surface area contributed by atoms with Crippen LogP contribution in [0.25, 0.3) is 0 Å². The van der Waals surface area contributed by atoms with Crippen molar-refractivity contribution in [3.63, 3.8) is 0 Å². The smallest absolute Gasteiger partial charge is 0.408 e. The highest BCUT2D eigenvalue weighted by Crippen LogP contribution is 2.48. The van der Waals surface area contributed by atoms with Crippen molar-refractivity contribution in [3.05, 3.63) is 48.0 Å². The second-order valence-corrected chi connectivity index (χ2v) is 9.23. The van der Waals surface area contributed by atoms with Crippen LogP contribution in [0.15, 0.2) is 42.5 Å². The summed E-state index contributed by atoms with van der Waals surface area (Å²) in [5.74, 6) is 0.519. The van der Waals surface area contributed by atoms with Gasteiger partial charge in [-0.05, 0) is 38.5 Å². The van der Waals surface area contributed by atoms with Gasteiger partial charge in [-0.2, -0.15) is 0 Å². The van der Waals surface area contributed by atoms with Crippen molar-refractivity contribution >= 4 is 23.7 Å². The Balaban J connectivity index is 1.87. The first-order chi connectivity index (χ1) is 17.9. The third-order valence-corrected chi connectivity index (χ3v) is 5.51. The van der Waals surface area contributed by atoms with Gasteiger partial charge in [-0.15, -0.1) is 0 Å². The van der Waals surface area contributed by atoms with Gasteiger partial charge in [0, 0.05) is 17.7 Å². The van der Waals surface area contributed by atoms with Gasteiger partial charge in [-0.1, -0.05) is 12.6 Å². The lowest BCUT2D eigenvalue weighted by Gasteiger charge is -2.42. The second-order valence-electron chi connectivity index (χ2n) is 9.23. The number of hydrogen-bond donors (Lipinski definition) is 1. The minimum absolute atomic E-state index is 0.109. The summed E-state index contributed by atoms with van der Waals surface area (Å²) in [5, 5.41) is 2.35. The van der Waals surface area contributed by atoms with Gasteiger partial charge in [0.15, 0.2) is 23.0 Å². The molecule has 2 aromatic carbocycles. The predicted octanol–water partition coefficient (Wildman–Crippen LogP) is 3.80. The molecule has 1 atom stereocenters. The lowest BCUT2D eigenvalue weighted by molar-refractivity contribution is -0.133. The zero-order valence-corrected chi connectivity index (χ0v) is 22.5. The van der Waals surface area contributed by atoms with Crippen LogP contribution in [0.3, 0.4) is 0 Å². The molecule has 1 aliphatic rings. The van der Waals surface area contributed by atoms with Crippen molar-refractivity contribution in [2.75, 3.05) is 39.9 Å². The van der Waals surface area contributed by atoms with E-state index in [1.54, 1.807) is 51.1 Å². The molecule has 0 saturated carbocycles. The summed E-state index contributed by atoms with van der Waals surface area (Å²) in [7, 11) is 5.89. The number of β-lactam (4-membered cyclic amide) rings is 1. The number of nitrogens with zero attached hydrogens (tertiary/aromatic N) is 1. The molecule has 1 saturated heterocycles. The Morgan fingerprint density at radius 3 is 2.05 bits per heavy atom. The number of methoxy groups -OCH3 is 4. The molecule has 1 aliphatic heterocycles. The summed E-state index contributed by atoms with van der Waals surface area (Å²) in [6, 6.07) is 7.69. The van der Waals surface area contributed by atoms with Gasteiger partial charge in [0.1, 0.15) is 12.1 Å². The fourth-order valence-corrected chi connectivity index (χ4v) is 3.86. The molecule has 11 nitrogen and oxygen atoms in total. The number of benzene rings is 2. The molecule has 1 unspecified atom stereocenters. The van der Waals surface area contributed by atoms with Crippen LogP contribution in [0.4, 0.5) is 10.5 Å². The molecule has 1 heterocycles. The maximum absolute atomic E-state index is 12.9. The van der Waals surface area contributed by atoms with E-state index < -0.39 is 30.3 Å². The van der Waals surface area contributed by atoms with Gasteiger partial charge in [-0.25, -0.2) is 9.59 Å². The molecule has 1 N–H and O–H groups in total. The maximum Gasteiger partial charge on any atom is 0.408 e. The Kier molecular flexibility index (Phi) is 8.39. The zero-order chi connectivity index (χ0) is 28.2. The molecule has 0 bridgehead atoms. The van der Waals surface area contributed by atoms with E-state index in [9.17, 15) is 14.4 Å². The molecule has 0 aromatic heterocycles. The summed E-state index contributed by atoms with van der Waals surface area (Å²) >= 11 is 0. The first-order valence-corrected chi connectivity index (χ1v) is 11.6. The van der Waals surface area contributed by atoms with Crippen LogP contribution in [-0.2, 0) is 14.3 Å². The maximum atomic E-state index is 12.9. The number of anilines is 1. The average Bonchev–Trinajstić information content (AvgIpc) is 2.88. The minimum Gasteiger partial charge on any atom is -0.493 e. The summed E-state index contributed by atoms with van der Waals surface area (Å²) in [4.78, 5) is 38.7. The van der Waals surface area contributed by atoms with Crippen molar-refractivity contribution < 1.29 is 42.8 Å². The Morgan fingerprint density at radius 2 is 1.53 bits per heavy atom. The molecule has 2 amide bonds. The summed E-state index contributed by atoms with van der Waals surface area (Å²) < 4.78 is 32.1. The first kappa shape index (κ1) is 28.2. The molecule has 1 fully saturated rings. The standard InChI is InChI=1S/C27H32N2O9/c1-15-23(29(25(15)31)17-12-20(34-6)24(36-8)21(13-17)35-7)16-9-10-18(33-5)19(11-16)37-22(30)14-28-26(32)38-27(2,3)4/h9-13,23H,1,14H2,2-8H3,(H,28,32). The van der Waals surface area contributed by atoms with Gasteiger partial charge in [0.25, 0.3) is 5.91 Å². The number of amides is 2. The van der Waals surface area contributed by atoms with Crippen LogP contribution in [0.2, 0.25) is 0 Å². The highest BCUT2D eigenvalue weighted by Gasteiger charge is 2.43. The zero-order valence-electron chi connectivity index (χ0n) is 22.5. The number of ether oxygens (including phenoxy) is 6. The van der Waals surface area contributed by atoms with E-state index in [1.165, 1.54) is 33.3 Å². The van der Waals surface area contributed by atoms with E-state index in [1.807, 2.05) is 0 Å². The topological polar surface area (TPSA) is 122 Å². The number of esters is 1. The lowest BCUT2D eigenvalue weighted by atomic mass is 9.88. The number of alkyl carbamates (subject to hydrolysis) is 1. The summed E-state index contributed by atoms with van der Waals surface area (Å²) in [6.07, 6.45) is -0.750. The van der Waals surface area contributed by atoms with Crippen LogP contribution in [-0.4, -0.2) is 58.6 Å². The highest BCUT2D eigenvalue weighted by atomic mass is 16.6. The number of hydrogen-bond acceptors (Lipinski definition) is 9. The van der Waals surface area contributed by atoms with E-state index in [4.69, 9.17) is 28.4 Å². The van der Waals surface area contributed by atoms with Crippen LogP contribution < -0.4 is 33.9 Å². The van der Waals surface area contributed by atoms with E-state index in [0.29, 0.717) is 34.1 Å². The lowest BCUT2D eigenvalue weighted by Crippen LogP contribution is -2.48. The van der Waals surface area contributed by atoms with Crippen molar-refractivity contribution in [3.8, 4) is 28.7 Å². The number of rotatable bonds is 9. The number of carbonyl (C=O) groups is 3.